The van der Waals surface area contributed by atoms with Gasteiger partial charge in [0.2, 0.25) is 12.7 Å². The molecule has 0 unspecified atom stereocenters. The first kappa shape index (κ1) is 25.9. The van der Waals surface area contributed by atoms with E-state index in [1.54, 1.807) is 12.1 Å². The number of aromatic nitrogens is 2. The summed E-state index contributed by atoms with van der Waals surface area (Å²) in [5.41, 5.74) is 1.22. The minimum absolute atomic E-state index is 0.120. The van der Waals surface area contributed by atoms with Crippen LogP contribution in [0, 0.1) is 11.3 Å². The number of anilines is 1. The molecule has 1 fully saturated rings. The Balaban J connectivity index is 1.12. The van der Waals surface area contributed by atoms with Crippen molar-refractivity contribution in [2.45, 2.75) is 12.7 Å². The van der Waals surface area contributed by atoms with Gasteiger partial charge in [0, 0.05) is 44.8 Å². The fraction of sp³-hybridized carbons (Fsp3) is 0.321. The standard InChI is InChI=1S/C28H25F3N6O3/c29-28(30,31)22-3-1-2-20(13-22)23-6-7-36(27-21(14-32)15-33-37(23)27)26(38)17-35-10-8-34(9-11-35)16-19-4-5-24-25(12-19)40-18-39-24/h1-6,12-13,15H,7-11,16-18H2. The maximum atomic E-state index is 13.4. The number of carbonyl (C=O) groups is 1. The van der Waals surface area contributed by atoms with Gasteiger partial charge in [-0.3, -0.25) is 19.5 Å². The molecular formula is C28H25F3N6O3. The Kier molecular flexibility index (Phi) is 6.69. The Morgan fingerprint density at radius 3 is 2.58 bits per heavy atom. The van der Waals surface area contributed by atoms with E-state index in [1.165, 1.54) is 21.8 Å². The molecule has 1 saturated heterocycles. The number of ether oxygens (including phenoxy) is 2. The number of nitrogens with zero attached hydrogens (tertiary/aromatic N) is 6. The molecule has 3 aliphatic rings. The third-order valence-corrected chi connectivity index (χ3v) is 7.27. The first-order valence-corrected chi connectivity index (χ1v) is 12.8. The first-order chi connectivity index (χ1) is 19.3. The van der Waals surface area contributed by atoms with Crippen LogP contribution >= 0.6 is 0 Å². The van der Waals surface area contributed by atoms with Gasteiger partial charge in [0.1, 0.15) is 11.6 Å². The summed E-state index contributed by atoms with van der Waals surface area (Å²) in [5.74, 6) is 1.57. The molecule has 40 heavy (non-hydrogen) atoms. The van der Waals surface area contributed by atoms with E-state index in [0.717, 1.165) is 48.8 Å². The number of hydrogen-bond acceptors (Lipinski definition) is 7. The molecule has 206 valence electrons. The van der Waals surface area contributed by atoms with Crippen LogP contribution in [0.4, 0.5) is 19.0 Å². The smallest absolute Gasteiger partial charge is 0.416 e. The number of hydrogen-bond donors (Lipinski definition) is 0. The van der Waals surface area contributed by atoms with Gasteiger partial charge < -0.3 is 9.47 Å². The van der Waals surface area contributed by atoms with E-state index in [1.807, 2.05) is 18.2 Å². The molecule has 0 aliphatic carbocycles. The number of fused-ring (bicyclic) bond motifs is 2. The molecule has 1 aromatic heterocycles. The van der Waals surface area contributed by atoms with E-state index in [9.17, 15) is 23.2 Å². The monoisotopic (exact) mass is 550 g/mol. The van der Waals surface area contributed by atoms with Crippen molar-refractivity contribution in [3.63, 3.8) is 0 Å². The van der Waals surface area contributed by atoms with Crippen LogP contribution in [0.1, 0.15) is 22.3 Å². The molecule has 0 saturated carbocycles. The summed E-state index contributed by atoms with van der Waals surface area (Å²) in [4.78, 5) is 19.3. The van der Waals surface area contributed by atoms with Crippen LogP contribution in [0.2, 0.25) is 0 Å². The van der Waals surface area contributed by atoms with Crippen LogP contribution in [0.3, 0.4) is 0 Å². The number of halogens is 3. The van der Waals surface area contributed by atoms with E-state index in [4.69, 9.17) is 9.47 Å². The van der Waals surface area contributed by atoms with Crippen LogP contribution in [0.25, 0.3) is 5.70 Å². The third kappa shape index (κ3) is 5.01. The molecular weight excluding hydrogens is 525 g/mol. The topological polar surface area (TPSA) is 86.9 Å². The molecule has 9 nitrogen and oxygen atoms in total. The summed E-state index contributed by atoms with van der Waals surface area (Å²) in [6.07, 6.45) is -1.50. The molecule has 0 spiro atoms. The lowest BCUT2D eigenvalue weighted by atomic mass is 10.1. The molecule has 0 atom stereocenters. The predicted octanol–water partition coefficient (Wildman–Crippen LogP) is 3.56. The number of piperazine rings is 1. The van der Waals surface area contributed by atoms with Gasteiger partial charge in [0.15, 0.2) is 17.3 Å². The minimum atomic E-state index is -4.49. The highest BCUT2D eigenvalue weighted by atomic mass is 19.4. The van der Waals surface area contributed by atoms with Crippen molar-refractivity contribution in [3.8, 4) is 17.6 Å². The van der Waals surface area contributed by atoms with Gasteiger partial charge in [0.05, 0.1) is 24.0 Å². The summed E-state index contributed by atoms with van der Waals surface area (Å²) in [6.45, 7) is 4.22. The largest absolute Gasteiger partial charge is 0.454 e. The molecule has 3 aliphatic heterocycles. The van der Waals surface area contributed by atoms with Crippen molar-refractivity contribution < 1.29 is 27.4 Å². The van der Waals surface area contributed by atoms with Crippen LogP contribution in [0.15, 0.2) is 54.7 Å². The van der Waals surface area contributed by atoms with E-state index in [-0.39, 0.29) is 37.2 Å². The quantitative estimate of drug-likeness (QED) is 0.480. The number of nitriles is 1. The van der Waals surface area contributed by atoms with Gasteiger partial charge in [-0.15, -0.1) is 0 Å². The van der Waals surface area contributed by atoms with Crippen LogP contribution in [-0.4, -0.2) is 71.5 Å². The van der Waals surface area contributed by atoms with Gasteiger partial charge in [0.25, 0.3) is 0 Å². The van der Waals surface area contributed by atoms with Gasteiger partial charge in [-0.1, -0.05) is 18.2 Å². The molecule has 1 amide bonds. The highest BCUT2D eigenvalue weighted by molar-refractivity contribution is 5.97. The Bertz CT molecular complexity index is 1520. The fourth-order valence-corrected chi connectivity index (χ4v) is 5.20. The molecule has 4 heterocycles. The Morgan fingerprint density at radius 1 is 1.02 bits per heavy atom. The Hall–Kier alpha value is -4.34. The van der Waals surface area contributed by atoms with Crippen molar-refractivity contribution in [2.75, 3.05) is 51.0 Å². The molecule has 12 heteroatoms. The second-order valence-corrected chi connectivity index (χ2v) is 9.82. The maximum Gasteiger partial charge on any atom is 0.416 e. The fourth-order valence-electron chi connectivity index (χ4n) is 5.20. The number of amides is 1. The second kappa shape index (κ2) is 10.3. The molecule has 0 radical (unpaired) electrons. The van der Waals surface area contributed by atoms with Gasteiger partial charge in [-0.05, 0) is 35.9 Å². The molecule has 2 aromatic carbocycles. The second-order valence-electron chi connectivity index (χ2n) is 9.82. The summed E-state index contributed by atoms with van der Waals surface area (Å²) in [5, 5.41) is 13.9. The molecule has 0 bridgehead atoms. The Labute approximate surface area is 228 Å². The third-order valence-electron chi connectivity index (χ3n) is 7.27. The SMILES string of the molecule is N#Cc1cnn2c1N(C(=O)CN1CCN(Cc3ccc4c(c3)OCO4)CC1)CC=C2c1cccc(C(F)(F)F)c1. The summed E-state index contributed by atoms with van der Waals surface area (Å²) >= 11 is 0. The summed E-state index contributed by atoms with van der Waals surface area (Å²) in [6, 6.07) is 12.9. The number of rotatable bonds is 5. The molecule has 3 aromatic rings. The number of alkyl halides is 3. The summed E-state index contributed by atoms with van der Waals surface area (Å²) < 4.78 is 52.1. The average molecular weight is 551 g/mol. The molecule has 6 rings (SSSR count). The van der Waals surface area contributed by atoms with Crippen molar-refractivity contribution >= 4 is 17.4 Å². The van der Waals surface area contributed by atoms with E-state index in [0.29, 0.717) is 24.4 Å². The lowest BCUT2D eigenvalue weighted by molar-refractivity contribution is -0.137. The summed E-state index contributed by atoms with van der Waals surface area (Å²) in [7, 11) is 0. The van der Waals surface area contributed by atoms with Crippen LogP contribution < -0.4 is 14.4 Å². The minimum Gasteiger partial charge on any atom is -0.454 e. The average Bonchev–Trinajstić information content (AvgIpc) is 3.60. The van der Waals surface area contributed by atoms with Crippen molar-refractivity contribution in [1.82, 2.24) is 19.6 Å². The van der Waals surface area contributed by atoms with Crippen molar-refractivity contribution in [3.05, 3.63) is 77.0 Å². The predicted molar refractivity (Wildman–Crippen MR) is 138 cm³/mol. The van der Waals surface area contributed by atoms with Crippen molar-refractivity contribution in [2.24, 2.45) is 0 Å². The lowest BCUT2D eigenvalue weighted by Crippen LogP contribution is -2.50. The molecule has 0 N–H and O–H groups in total. The van der Waals surface area contributed by atoms with Crippen molar-refractivity contribution in [1.29, 1.82) is 5.26 Å². The highest BCUT2D eigenvalue weighted by Gasteiger charge is 2.33. The normalized spacial score (nSPS) is 17.4. The van der Waals surface area contributed by atoms with E-state index < -0.39 is 11.7 Å². The zero-order valence-corrected chi connectivity index (χ0v) is 21.4. The number of benzene rings is 2. The van der Waals surface area contributed by atoms with Gasteiger partial charge >= 0.3 is 6.18 Å². The Morgan fingerprint density at radius 2 is 1.80 bits per heavy atom. The first-order valence-electron chi connectivity index (χ1n) is 12.8. The van der Waals surface area contributed by atoms with Crippen LogP contribution in [-0.2, 0) is 17.5 Å². The van der Waals surface area contributed by atoms with Crippen LogP contribution in [0.5, 0.6) is 11.5 Å². The zero-order valence-electron chi connectivity index (χ0n) is 21.4. The maximum absolute atomic E-state index is 13.4. The highest BCUT2D eigenvalue weighted by Crippen LogP contribution is 2.35. The number of carbonyl (C=O) groups excluding carboxylic acids is 1. The van der Waals surface area contributed by atoms with Gasteiger partial charge in [-0.2, -0.15) is 23.5 Å². The van der Waals surface area contributed by atoms with E-state index in [2.05, 4.69) is 21.0 Å². The lowest BCUT2D eigenvalue weighted by Gasteiger charge is -2.36. The zero-order chi connectivity index (χ0) is 27.9. The van der Waals surface area contributed by atoms with Gasteiger partial charge in [-0.25, -0.2) is 4.68 Å². The van der Waals surface area contributed by atoms with E-state index >= 15 is 0 Å².